The summed E-state index contributed by atoms with van der Waals surface area (Å²) in [5, 5.41) is 4.50. The first-order chi connectivity index (χ1) is 14.1. The molecule has 1 saturated heterocycles. The van der Waals surface area contributed by atoms with E-state index >= 15 is 0 Å². The third-order valence-corrected chi connectivity index (χ3v) is 6.42. The molecule has 0 radical (unpaired) electrons. The van der Waals surface area contributed by atoms with Crippen LogP contribution >= 0.6 is 15.9 Å². The predicted molar refractivity (Wildman–Crippen MR) is 116 cm³/mol. The number of pyridine rings is 1. The average molecular weight is 455 g/mol. The molecule has 0 bridgehead atoms. The Balaban J connectivity index is 1.43. The molecule has 0 aliphatic carbocycles. The Morgan fingerprint density at radius 1 is 1.14 bits per heavy atom. The van der Waals surface area contributed by atoms with Crippen LogP contribution in [-0.4, -0.2) is 53.3 Å². The quantitative estimate of drug-likeness (QED) is 0.592. The van der Waals surface area contributed by atoms with Crippen molar-refractivity contribution in [3.8, 4) is 0 Å². The van der Waals surface area contributed by atoms with E-state index in [0.717, 1.165) is 42.7 Å². The summed E-state index contributed by atoms with van der Waals surface area (Å²) in [7, 11) is 0. The molecular weight excluding hydrogens is 432 g/mol. The number of halogens is 1. The van der Waals surface area contributed by atoms with Gasteiger partial charge in [0, 0.05) is 36.0 Å². The number of amides is 1. The second-order valence-corrected chi connectivity index (χ2v) is 8.57. The van der Waals surface area contributed by atoms with Gasteiger partial charge >= 0.3 is 0 Å². The summed E-state index contributed by atoms with van der Waals surface area (Å²) < 4.78 is 8.16. The lowest BCUT2D eigenvalue weighted by Gasteiger charge is -2.36. The maximum atomic E-state index is 13.3. The number of nitrogens with zero attached hydrogens (tertiary/aromatic N) is 4. The lowest BCUT2D eigenvalue weighted by Crippen LogP contribution is -2.40. The molecule has 0 spiro atoms. The molecule has 1 atom stereocenters. The molecule has 150 valence electrons. The van der Waals surface area contributed by atoms with Crippen molar-refractivity contribution >= 4 is 33.0 Å². The molecule has 1 amide bonds. The van der Waals surface area contributed by atoms with Crippen LogP contribution in [0.1, 0.15) is 34.6 Å². The molecule has 7 heteroatoms. The number of ether oxygens (including phenoxy) is 1. The normalized spacial score (nSPS) is 19.4. The van der Waals surface area contributed by atoms with Gasteiger partial charge in [-0.1, -0.05) is 6.07 Å². The Bertz CT molecular complexity index is 1070. The molecule has 0 N–H and O–H groups in total. The molecule has 1 unspecified atom stereocenters. The van der Waals surface area contributed by atoms with Gasteiger partial charge in [-0.05, 0) is 70.7 Å². The first-order valence-electron chi connectivity index (χ1n) is 10.0. The zero-order chi connectivity index (χ0) is 20.0. The Labute approximate surface area is 178 Å². The number of carbonyl (C=O) groups is 1. The third kappa shape index (κ3) is 3.42. The van der Waals surface area contributed by atoms with Gasteiger partial charge in [0.2, 0.25) is 0 Å². The number of benzene rings is 1. The SMILES string of the molecule is CC1c2cc(N3CCOCC3)ccc2CCN1C(=O)c1cc2ccc(Br)cn2n1. The molecule has 1 aromatic carbocycles. The highest BCUT2D eigenvalue weighted by atomic mass is 79.9. The van der Waals surface area contributed by atoms with Gasteiger partial charge in [0.05, 0.1) is 24.8 Å². The summed E-state index contributed by atoms with van der Waals surface area (Å²) in [6.45, 7) is 6.18. The molecule has 6 nitrogen and oxygen atoms in total. The van der Waals surface area contributed by atoms with Gasteiger partial charge < -0.3 is 14.5 Å². The van der Waals surface area contributed by atoms with E-state index in [1.807, 2.05) is 29.3 Å². The topological polar surface area (TPSA) is 50.1 Å². The van der Waals surface area contributed by atoms with Crippen LogP contribution in [0.2, 0.25) is 0 Å². The highest BCUT2D eigenvalue weighted by Gasteiger charge is 2.30. The van der Waals surface area contributed by atoms with E-state index in [2.05, 4.69) is 51.1 Å². The van der Waals surface area contributed by atoms with Crippen LogP contribution < -0.4 is 4.90 Å². The van der Waals surface area contributed by atoms with Crippen molar-refractivity contribution in [2.75, 3.05) is 37.7 Å². The molecule has 1 fully saturated rings. The second kappa shape index (κ2) is 7.46. The molecule has 0 saturated carbocycles. The number of anilines is 1. The molecular formula is C22H23BrN4O2. The summed E-state index contributed by atoms with van der Waals surface area (Å²) in [6, 6.07) is 12.5. The smallest absolute Gasteiger partial charge is 0.274 e. The number of aromatic nitrogens is 2. The van der Waals surface area contributed by atoms with E-state index in [9.17, 15) is 4.79 Å². The van der Waals surface area contributed by atoms with E-state index in [-0.39, 0.29) is 11.9 Å². The maximum absolute atomic E-state index is 13.3. The highest BCUT2D eigenvalue weighted by molar-refractivity contribution is 9.10. The van der Waals surface area contributed by atoms with Gasteiger partial charge in [-0.25, -0.2) is 4.52 Å². The summed E-state index contributed by atoms with van der Waals surface area (Å²) in [5.74, 6) is -0.0141. The molecule has 5 rings (SSSR count). The van der Waals surface area contributed by atoms with E-state index in [1.54, 1.807) is 4.52 Å². The van der Waals surface area contributed by atoms with Crippen molar-refractivity contribution in [3.63, 3.8) is 0 Å². The molecule has 2 aliphatic heterocycles. The van der Waals surface area contributed by atoms with Crippen LogP contribution in [0, 0.1) is 0 Å². The van der Waals surface area contributed by atoms with E-state index in [1.165, 1.54) is 16.8 Å². The standard InChI is InChI=1S/C22H23BrN4O2/c1-15-20-12-18(25-8-10-29-11-9-25)4-2-16(20)6-7-26(15)22(28)21-13-19-5-3-17(23)14-27(19)24-21/h2-5,12-15H,6-11H2,1H3. The fourth-order valence-corrected chi connectivity index (χ4v) is 4.64. The van der Waals surface area contributed by atoms with Gasteiger partial charge in [-0.2, -0.15) is 5.10 Å². The van der Waals surface area contributed by atoms with Crippen LogP contribution in [0.3, 0.4) is 0 Å². The van der Waals surface area contributed by atoms with Crippen molar-refractivity contribution in [3.05, 3.63) is 63.9 Å². The molecule has 3 aromatic rings. The van der Waals surface area contributed by atoms with Crippen LogP contribution in [0.5, 0.6) is 0 Å². The van der Waals surface area contributed by atoms with Crippen molar-refractivity contribution in [2.45, 2.75) is 19.4 Å². The van der Waals surface area contributed by atoms with Crippen molar-refractivity contribution < 1.29 is 9.53 Å². The van der Waals surface area contributed by atoms with Gasteiger partial charge in [0.1, 0.15) is 0 Å². The Kier molecular flexibility index (Phi) is 4.80. The van der Waals surface area contributed by atoms with Gasteiger partial charge in [-0.15, -0.1) is 0 Å². The lowest BCUT2D eigenvalue weighted by molar-refractivity contribution is 0.0671. The van der Waals surface area contributed by atoms with Gasteiger partial charge in [-0.3, -0.25) is 4.79 Å². The van der Waals surface area contributed by atoms with Crippen molar-refractivity contribution in [1.82, 2.24) is 14.5 Å². The Morgan fingerprint density at radius 3 is 2.79 bits per heavy atom. The van der Waals surface area contributed by atoms with E-state index in [4.69, 9.17) is 4.74 Å². The van der Waals surface area contributed by atoms with Crippen LogP contribution in [0.25, 0.3) is 5.52 Å². The molecule has 2 aromatic heterocycles. The average Bonchev–Trinajstić information content (AvgIpc) is 3.17. The number of morpholine rings is 1. The summed E-state index contributed by atoms with van der Waals surface area (Å²) >= 11 is 3.45. The molecule has 4 heterocycles. The first-order valence-corrected chi connectivity index (χ1v) is 10.8. The zero-order valence-corrected chi connectivity index (χ0v) is 17.9. The monoisotopic (exact) mass is 454 g/mol. The lowest BCUT2D eigenvalue weighted by atomic mass is 9.92. The van der Waals surface area contributed by atoms with Gasteiger partial charge in [0.15, 0.2) is 5.69 Å². The number of carbonyl (C=O) groups excluding carboxylic acids is 1. The number of hydrogen-bond acceptors (Lipinski definition) is 4. The fraction of sp³-hybridized carbons (Fsp3) is 0.364. The van der Waals surface area contributed by atoms with Crippen molar-refractivity contribution in [1.29, 1.82) is 0 Å². The minimum Gasteiger partial charge on any atom is -0.378 e. The Hall–Kier alpha value is -2.38. The summed E-state index contributed by atoms with van der Waals surface area (Å²) in [6.07, 6.45) is 2.74. The molecule has 2 aliphatic rings. The predicted octanol–water partition coefficient (Wildman–Crippen LogP) is 3.69. The summed E-state index contributed by atoms with van der Waals surface area (Å²) in [4.78, 5) is 17.6. The number of hydrogen-bond donors (Lipinski definition) is 0. The third-order valence-electron chi connectivity index (χ3n) is 5.95. The largest absolute Gasteiger partial charge is 0.378 e. The number of fused-ring (bicyclic) bond motifs is 2. The van der Waals surface area contributed by atoms with Crippen LogP contribution in [0.15, 0.2) is 47.1 Å². The Morgan fingerprint density at radius 2 is 1.97 bits per heavy atom. The van der Waals surface area contributed by atoms with Crippen LogP contribution in [-0.2, 0) is 11.2 Å². The summed E-state index contributed by atoms with van der Waals surface area (Å²) in [5.41, 5.74) is 5.18. The van der Waals surface area contributed by atoms with E-state index < -0.39 is 0 Å². The minimum atomic E-state index is -0.0141. The second-order valence-electron chi connectivity index (χ2n) is 7.65. The van der Waals surface area contributed by atoms with E-state index in [0.29, 0.717) is 12.2 Å². The van der Waals surface area contributed by atoms with Crippen LogP contribution in [0.4, 0.5) is 5.69 Å². The number of rotatable bonds is 2. The molecule has 29 heavy (non-hydrogen) atoms. The minimum absolute atomic E-state index is 0.0141. The van der Waals surface area contributed by atoms with Gasteiger partial charge in [0.25, 0.3) is 5.91 Å². The van der Waals surface area contributed by atoms with Crippen molar-refractivity contribution in [2.24, 2.45) is 0 Å². The highest BCUT2D eigenvalue weighted by Crippen LogP contribution is 2.33. The maximum Gasteiger partial charge on any atom is 0.274 e. The zero-order valence-electron chi connectivity index (χ0n) is 16.3. The fourth-order valence-electron chi connectivity index (χ4n) is 4.31. The first kappa shape index (κ1) is 18.6.